The fourth-order valence-corrected chi connectivity index (χ4v) is 2.13. The molecule has 0 aliphatic carbocycles. The van der Waals surface area contributed by atoms with Crippen molar-refractivity contribution in [2.75, 3.05) is 18.4 Å². The zero-order chi connectivity index (χ0) is 18.2. The largest absolute Gasteiger partial charge is 0.346 e. The Balaban J connectivity index is 1.72. The van der Waals surface area contributed by atoms with Gasteiger partial charge in [-0.05, 0) is 24.6 Å². The Morgan fingerprint density at radius 2 is 1.68 bits per heavy atom. The molecule has 3 N–H and O–H groups in total. The Kier molecular flexibility index (Phi) is 6.59. The molecule has 0 saturated carbocycles. The minimum Gasteiger partial charge on any atom is -0.346 e. The summed E-state index contributed by atoms with van der Waals surface area (Å²) < 4.78 is 25.9. The van der Waals surface area contributed by atoms with Gasteiger partial charge < -0.3 is 16.0 Å². The van der Waals surface area contributed by atoms with Crippen LogP contribution in [0.3, 0.4) is 0 Å². The number of hydrogen-bond donors (Lipinski definition) is 3. The average molecular weight is 347 g/mol. The van der Waals surface area contributed by atoms with Crippen LogP contribution in [0.1, 0.15) is 18.5 Å². The molecule has 2 aromatic rings. The van der Waals surface area contributed by atoms with Gasteiger partial charge in [0.1, 0.15) is 0 Å². The van der Waals surface area contributed by atoms with Gasteiger partial charge in [0, 0.05) is 17.8 Å². The highest BCUT2D eigenvalue weighted by atomic mass is 19.2. The molecule has 2 aromatic carbocycles. The number of carbonyl (C=O) groups is 2. The van der Waals surface area contributed by atoms with Gasteiger partial charge in [-0.15, -0.1) is 0 Å². The first-order valence-electron chi connectivity index (χ1n) is 7.75. The predicted molar refractivity (Wildman–Crippen MR) is 90.9 cm³/mol. The van der Waals surface area contributed by atoms with Crippen molar-refractivity contribution in [3.05, 3.63) is 65.7 Å². The van der Waals surface area contributed by atoms with Gasteiger partial charge in [0.2, 0.25) is 11.8 Å². The second-order valence-corrected chi connectivity index (χ2v) is 5.47. The zero-order valence-corrected chi connectivity index (χ0v) is 13.7. The van der Waals surface area contributed by atoms with Crippen LogP contribution < -0.4 is 16.0 Å². The molecule has 2 amide bonds. The number of hydrogen-bond acceptors (Lipinski definition) is 3. The highest BCUT2D eigenvalue weighted by Crippen LogP contribution is 2.13. The molecule has 0 aromatic heterocycles. The van der Waals surface area contributed by atoms with Gasteiger partial charge in [-0.1, -0.05) is 30.3 Å². The maximum absolute atomic E-state index is 13.1. The lowest BCUT2D eigenvalue weighted by atomic mass is 10.1. The van der Waals surface area contributed by atoms with Crippen LogP contribution in [-0.4, -0.2) is 24.9 Å². The van der Waals surface area contributed by atoms with Gasteiger partial charge in [0.05, 0.1) is 13.1 Å². The van der Waals surface area contributed by atoms with E-state index in [0.29, 0.717) is 0 Å². The molecule has 0 fully saturated rings. The van der Waals surface area contributed by atoms with Crippen LogP contribution in [0.15, 0.2) is 48.5 Å². The third kappa shape index (κ3) is 5.96. The second kappa shape index (κ2) is 8.89. The highest BCUT2D eigenvalue weighted by Gasteiger charge is 2.10. The highest BCUT2D eigenvalue weighted by molar-refractivity contribution is 5.94. The number of carbonyl (C=O) groups excluding carboxylic acids is 2. The maximum atomic E-state index is 13.1. The summed E-state index contributed by atoms with van der Waals surface area (Å²) in [5.74, 6) is -2.93. The summed E-state index contributed by atoms with van der Waals surface area (Å²) in [6.07, 6.45) is 0. The molecular formula is C18H19F2N3O2. The van der Waals surface area contributed by atoms with E-state index in [1.54, 1.807) is 0 Å². The minimum absolute atomic E-state index is 0.0111. The summed E-state index contributed by atoms with van der Waals surface area (Å²) >= 11 is 0. The van der Waals surface area contributed by atoms with Gasteiger partial charge in [-0.2, -0.15) is 0 Å². The molecule has 25 heavy (non-hydrogen) atoms. The second-order valence-electron chi connectivity index (χ2n) is 5.47. The van der Waals surface area contributed by atoms with E-state index >= 15 is 0 Å². The summed E-state index contributed by atoms with van der Waals surface area (Å²) in [5.41, 5.74) is 1.17. The van der Waals surface area contributed by atoms with E-state index in [9.17, 15) is 18.4 Å². The van der Waals surface area contributed by atoms with Crippen molar-refractivity contribution < 1.29 is 18.4 Å². The van der Waals surface area contributed by atoms with Crippen LogP contribution in [0.4, 0.5) is 14.5 Å². The molecule has 0 saturated heterocycles. The number of anilines is 1. The van der Waals surface area contributed by atoms with E-state index in [4.69, 9.17) is 0 Å². The number of amides is 2. The normalized spacial score (nSPS) is 11.6. The lowest BCUT2D eigenvalue weighted by molar-refractivity contribution is -0.123. The van der Waals surface area contributed by atoms with E-state index in [1.807, 2.05) is 37.3 Å². The summed E-state index contributed by atoms with van der Waals surface area (Å²) in [7, 11) is 0. The zero-order valence-electron chi connectivity index (χ0n) is 13.7. The molecule has 2 rings (SSSR count). The van der Waals surface area contributed by atoms with E-state index in [2.05, 4.69) is 16.0 Å². The van der Waals surface area contributed by atoms with Gasteiger partial charge in [0.25, 0.3) is 0 Å². The first-order chi connectivity index (χ1) is 12.0. The number of rotatable bonds is 7. The molecule has 1 atom stereocenters. The standard InChI is InChI=1S/C18H19F2N3O2/c1-12(13-5-3-2-4-6-13)21-10-17(24)22-11-18(25)23-14-7-8-15(19)16(20)9-14/h2-9,12,21H,10-11H2,1H3,(H,22,24)(H,23,25)/t12-/m0/s1. The molecule has 7 heteroatoms. The van der Waals surface area contributed by atoms with Crippen molar-refractivity contribution in [3.63, 3.8) is 0 Å². The third-order valence-electron chi connectivity index (χ3n) is 3.52. The van der Waals surface area contributed by atoms with Crippen molar-refractivity contribution in [2.24, 2.45) is 0 Å². The fourth-order valence-electron chi connectivity index (χ4n) is 2.13. The van der Waals surface area contributed by atoms with Crippen molar-refractivity contribution in [2.45, 2.75) is 13.0 Å². The van der Waals surface area contributed by atoms with Crippen molar-refractivity contribution >= 4 is 17.5 Å². The first-order valence-corrected chi connectivity index (χ1v) is 7.75. The molecule has 0 aliphatic heterocycles. The lowest BCUT2D eigenvalue weighted by Crippen LogP contribution is -2.39. The Labute approximate surface area is 144 Å². The molecule has 0 radical (unpaired) electrons. The summed E-state index contributed by atoms with van der Waals surface area (Å²) in [4.78, 5) is 23.5. The molecule has 5 nitrogen and oxygen atoms in total. The van der Waals surface area contributed by atoms with Crippen LogP contribution in [0, 0.1) is 11.6 Å². The molecular weight excluding hydrogens is 328 g/mol. The third-order valence-corrected chi connectivity index (χ3v) is 3.52. The molecule has 132 valence electrons. The fraction of sp³-hybridized carbons (Fsp3) is 0.222. The SMILES string of the molecule is C[C@H](NCC(=O)NCC(=O)Nc1ccc(F)c(F)c1)c1ccccc1. The van der Waals surface area contributed by atoms with Gasteiger partial charge in [-0.3, -0.25) is 9.59 Å². The molecule has 0 spiro atoms. The Morgan fingerprint density at radius 1 is 0.960 bits per heavy atom. The monoisotopic (exact) mass is 347 g/mol. The molecule has 0 bridgehead atoms. The van der Waals surface area contributed by atoms with Crippen LogP contribution in [0.25, 0.3) is 0 Å². The quantitative estimate of drug-likeness (QED) is 0.720. The predicted octanol–water partition coefficient (Wildman–Crippen LogP) is 2.37. The summed E-state index contributed by atoms with van der Waals surface area (Å²) in [6.45, 7) is 1.71. The minimum atomic E-state index is -1.05. The van der Waals surface area contributed by atoms with Gasteiger partial charge >= 0.3 is 0 Å². The first kappa shape index (κ1) is 18.5. The summed E-state index contributed by atoms with van der Waals surface area (Å²) in [6, 6.07) is 12.6. The van der Waals surface area contributed by atoms with E-state index in [-0.39, 0.29) is 30.7 Å². The van der Waals surface area contributed by atoms with Crippen LogP contribution >= 0.6 is 0 Å². The number of benzene rings is 2. The van der Waals surface area contributed by atoms with Crippen molar-refractivity contribution in [3.8, 4) is 0 Å². The molecule has 0 aliphatic rings. The topological polar surface area (TPSA) is 70.2 Å². The Bertz CT molecular complexity index is 738. The van der Waals surface area contributed by atoms with Crippen molar-refractivity contribution in [1.29, 1.82) is 0 Å². The smallest absolute Gasteiger partial charge is 0.243 e. The van der Waals surface area contributed by atoms with Crippen LogP contribution in [0.5, 0.6) is 0 Å². The van der Waals surface area contributed by atoms with Gasteiger partial charge in [-0.25, -0.2) is 8.78 Å². The van der Waals surface area contributed by atoms with Crippen LogP contribution in [0.2, 0.25) is 0 Å². The Hall–Kier alpha value is -2.80. The van der Waals surface area contributed by atoms with Crippen LogP contribution in [-0.2, 0) is 9.59 Å². The lowest BCUT2D eigenvalue weighted by Gasteiger charge is -2.14. The average Bonchev–Trinajstić information content (AvgIpc) is 2.61. The van der Waals surface area contributed by atoms with Crippen molar-refractivity contribution in [1.82, 2.24) is 10.6 Å². The number of halogens is 2. The van der Waals surface area contributed by atoms with E-state index < -0.39 is 17.5 Å². The molecule has 0 heterocycles. The maximum Gasteiger partial charge on any atom is 0.243 e. The van der Waals surface area contributed by atoms with Gasteiger partial charge in [0.15, 0.2) is 11.6 Å². The molecule has 0 unspecified atom stereocenters. The Morgan fingerprint density at radius 3 is 2.36 bits per heavy atom. The number of nitrogens with one attached hydrogen (secondary N) is 3. The summed E-state index contributed by atoms with van der Waals surface area (Å²) in [5, 5.41) is 7.88. The van der Waals surface area contributed by atoms with E-state index in [0.717, 1.165) is 17.7 Å². The van der Waals surface area contributed by atoms with E-state index in [1.165, 1.54) is 6.07 Å².